The second-order valence-corrected chi connectivity index (χ2v) is 7.19. The molecule has 1 aromatic carbocycles. The van der Waals surface area contributed by atoms with Crippen molar-refractivity contribution in [2.45, 2.75) is 13.5 Å². The van der Waals surface area contributed by atoms with E-state index < -0.39 is 10.3 Å². The molecular weight excluding hydrogens is 386 g/mol. The van der Waals surface area contributed by atoms with E-state index in [4.69, 9.17) is 14.7 Å². The number of hydrogen-bond acceptors (Lipinski definition) is 8. The Morgan fingerprint density at radius 3 is 2.57 bits per heavy atom. The number of furan rings is 1. The maximum atomic E-state index is 10.9. The second kappa shape index (κ2) is 6.58. The van der Waals surface area contributed by atoms with Crippen LogP contribution in [0.3, 0.4) is 0 Å². The van der Waals surface area contributed by atoms with E-state index in [1.54, 1.807) is 22.9 Å². The highest BCUT2D eigenvalue weighted by Crippen LogP contribution is 2.27. The lowest BCUT2D eigenvalue weighted by atomic mass is 10.2. The zero-order valence-electron chi connectivity index (χ0n) is 14.6. The zero-order chi connectivity index (χ0) is 19.9. The van der Waals surface area contributed by atoms with E-state index in [0.717, 1.165) is 11.3 Å². The summed E-state index contributed by atoms with van der Waals surface area (Å²) in [5, 5.41) is 8.28. The fourth-order valence-electron chi connectivity index (χ4n) is 2.71. The number of nitrogens with two attached hydrogens (primary N) is 1. The molecule has 3 heterocycles. The van der Waals surface area contributed by atoms with Crippen LogP contribution in [0.5, 0.6) is 0 Å². The second-order valence-electron chi connectivity index (χ2n) is 6.03. The minimum absolute atomic E-state index is 0.0628. The number of aromatic nitrogens is 5. The number of fused-ring (bicyclic) bond motifs is 1. The van der Waals surface area contributed by atoms with E-state index in [1.165, 1.54) is 12.1 Å². The summed E-state index contributed by atoms with van der Waals surface area (Å²) in [5.74, 6) is 1.31. The van der Waals surface area contributed by atoms with Crippen molar-refractivity contribution >= 4 is 33.1 Å². The van der Waals surface area contributed by atoms with Crippen molar-refractivity contribution in [1.82, 2.24) is 25.0 Å². The van der Waals surface area contributed by atoms with Gasteiger partial charge in [-0.05, 0) is 36.8 Å². The molecule has 0 radical (unpaired) electrons. The van der Waals surface area contributed by atoms with Crippen LogP contribution in [0, 0.1) is 6.92 Å². The van der Waals surface area contributed by atoms with Gasteiger partial charge in [0.05, 0.1) is 12.2 Å². The number of nitrogens with zero attached hydrogens (tertiary/aromatic N) is 5. The molecule has 4 N–H and O–H groups in total. The number of rotatable bonds is 5. The summed E-state index contributed by atoms with van der Waals surface area (Å²) >= 11 is 0. The molecule has 144 valence electrons. The maximum Gasteiger partial charge on any atom is 0.357 e. The Bertz CT molecular complexity index is 1260. The summed E-state index contributed by atoms with van der Waals surface area (Å²) in [6.45, 7) is 2.14. The molecule has 0 amide bonds. The van der Waals surface area contributed by atoms with Crippen LogP contribution in [0.25, 0.3) is 22.6 Å². The van der Waals surface area contributed by atoms with Gasteiger partial charge in [-0.1, -0.05) is 17.3 Å². The lowest BCUT2D eigenvalue weighted by Gasteiger charge is -2.06. The van der Waals surface area contributed by atoms with E-state index >= 15 is 0 Å². The average Bonchev–Trinajstić information content (AvgIpc) is 3.21. The van der Waals surface area contributed by atoms with Crippen molar-refractivity contribution < 1.29 is 17.4 Å². The third-order valence-corrected chi connectivity index (χ3v) is 4.38. The van der Waals surface area contributed by atoms with Crippen LogP contribution in [-0.4, -0.2) is 37.9 Å². The van der Waals surface area contributed by atoms with Gasteiger partial charge >= 0.3 is 10.3 Å². The smallest absolute Gasteiger partial charge is 0.357 e. The number of nitrogens with one attached hydrogen (secondary N) is 1. The summed E-state index contributed by atoms with van der Waals surface area (Å²) < 4.78 is 39.7. The standard InChI is InChI=1S/C16H15N7O4S/c1-9-2-7-12(27-9)13-14-15(19-16(17)18-13)23(22-20-14)8-10-3-5-11(6-4-10)21-28(24,25)26/h2-7,21H,8H2,1H3,(H2,17,18,19)(H,24,25,26). The molecular formula is C16H15N7O4S. The summed E-state index contributed by atoms with van der Waals surface area (Å²) in [6, 6.07) is 9.98. The Balaban J connectivity index is 1.68. The predicted molar refractivity (Wildman–Crippen MR) is 101 cm³/mol. The van der Waals surface area contributed by atoms with Gasteiger partial charge in [0.2, 0.25) is 5.95 Å². The fraction of sp³-hybridized carbons (Fsp3) is 0.125. The fourth-order valence-corrected chi connectivity index (χ4v) is 3.15. The molecule has 11 nitrogen and oxygen atoms in total. The zero-order valence-corrected chi connectivity index (χ0v) is 15.4. The van der Waals surface area contributed by atoms with Gasteiger partial charge in [0.1, 0.15) is 11.5 Å². The molecule has 0 fully saturated rings. The van der Waals surface area contributed by atoms with Gasteiger partial charge in [-0.15, -0.1) is 5.10 Å². The van der Waals surface area contributed by atoms with E-state index in [0.29, 0.717) is 29.2 Å². The Morgan fingerprint density at radius 1 is 1.18 bits per heavy atom. The third-order valence-electron chi connectivity index (χ3n) is 3.89. The average molecular weight is 401 g/mol. The molecule has 0 spiro atoms. The molecule has 28 heavy (non-hydrogen) atoms. The molecule has 0 aliphatic heterocycles. The van der Waals surface area contributed by atoms with E-state index in [-0.39, 0.29) is 11.6 Å². The highest BCUT2D eigenvalue weighted by atomic mass is 32.2. The van der Waals surface area contributed by atoms with Gasteiger partial charge in [-0.3, -0.25) is 9.27 Å². The van der Waals surface area contributed by atoms with Gasteiger partial charge in [-0.25, -0.2) is 9.67 Å². The normalized spacial score (nSPS) is 11.8. The monoisotopic (exact) mass is 401 g/mol. The number of anilines is 2. The Morgan fingerprint density at radius 2 is 1.93 bits per heavy atom. The van der Waals surface area contributed by atoms with Crippen molar-refractivity contribution in [3.63, 3.8) is 0 Å². The number of nitrogen functional groups attached to an aromatic ring is 1. The molecule has 3 aromatic heterocycles. The Hall–Kier alpha value is -3.51. The van der Waals surface area contributed by atoms with Gasteiger partial charge < -0.3 is 10.2 Å². The van der Waals surface area contributed by atoms with Crippen LogP contribution in [0.4, 0.5) is 11.6 Å². The first-order chi connectivity index (χ1) is 13.3. The van der Waals surface area contributed by atoms with Crippen LogP contribution in [-0.2, 0) is 16.8 Å². The summed E-state index contributed by atoms with van der Waals surface area (Å²) in [7, 11) is -4.32. The molecule has 0 bridgehead atoms. The van der Waals surface area contributed by atoms with E-state index in [9.17, 15) is 8.42 Å². The van der Waals surface area contributed by atoms with Crippen LogP contribution in [0.1, 0.15) is 11.3 Å². The molecule has 0 saturated carbocycles. The Kier molecular flexibility index (Phi) is 4.20. The Labute approximate surface area is 159 Å². The minimum atomic E-state index is -4.32. The molecule has 0 aliphatic rings. The van der Waals surface area contributed by atoms with E-state index in [2.05, 4.69) is 20.3 Å². The highest BCUT2D eigenvalue weighted by molar-refractivity contribution is 7.87. The van der Waals surface area contributed by atoms with Crippen LogP contribution >= 0.6 is 0 Å². The van der Waals surface area contributed by atoms with Gasteiger partial charge in [-0.2, -0.15) is 13.4 Å². The molecule has 4 rings (SSSR count). The highest BCUT2D eigenvalue weighted by Gasteiger charge is 2.17. The van der Waals surface area contributed by atoms with Crippen molar-refractivity contribution in [3.05, 3.63) is 47.7 Å². The number of aryl methyl sites for hydroxylation is 1. The molecule has 0 unspecified atom stereocenters. The number of benzene rings is 1. The predicted octanol–water partition coefficient (Wildman–Crippen LogP) is 1.63. The van der Waals surface area contributed by atoms with Crippen LogP contribution in [0.15, 0.2) is 40.8 Å². The summed E-state index contributed by atoms with van der Waals surface area (Å²) in [4.78, 5) is 8.45. The quantitative estimate of drug-likeness (QED) is 0.422. The van der Waals surface area contributed by atoms with Crippen LogP contribution in [0.2, 0.25) is 0 Å². The van der Waals surface area contributed by atoms with E-state index in [1.807, 2.05) is 17.7 Å². The lowest BCUT2D eigenvalue weighted by molar-refractivity contribution is 0.489. The molecule has 0 atom stereocenters. The van der Waals surface area contributed by atoms with Crippen LogP contribution < -0.4 is 10.5 Å². The van der Waals surface area contributed by atoms with Gasteiger partial charge in [0.15, 0.2) is 16.9 Å². The first-order valence-corrected chi connectivity index (χ1v) is 9.50. The minimum Gasteiger partial charge on any atom is -0.460 e. The van der Waals surface area contributed by atoms with Crippen molar-refractivity contribution in [3.8, 4) is 11.5 Å². The lowest BCUT2D eigenvalue weighted by Crippen LogP contribution is -2.10. The maximum absolute atomic E-state index is 10.9. The summed E-state index contributed by atoms with van der Waals surface area (Å²) in [5.41, 5.74) is 8.23. The first kappa shape index (κ1) is 17.9. The summed E-state index contributed by atoms with van der Waals surface area (Å²) in [6.07, 6.45) is 0. The van der Waals surface area contributed by atoms with Crippen molar-refractivity contribution in [2.75, 3.05) is 10.5 Å². The van der Waals surface area contributed by atoms with Crippen molar-refractivity contribution in [1.29, 1.82) is 0 Å². The van der Waals surface area contributed by atoms with Gasteiger partial charge in [0, 0.05) is 0 Å². The SMILES string of the molecule is Cc1ccc(-c2nc(N)nc3c2nnn3Cc2ccc(NS(=O)(=O)O)cc2)o1. The number of hydrogen-bond donors (Lipinski definition) is 3. The molecule has 4 aromatic rings. The molecule has 0 saturated heterocycles. The topological polar surface area (TPSA) is 162 Å². The largest absolute Gasteiger partial charge is 0.460 e. The third kappa shape index (κ3) is 3.63. The van der Waals surface area contributed by atoms with Gasteiger partial charge in [0.25, 0.3) is 0 Å². The van der Waals surface area contributed by atoms with Crippen molar-refractivity contribution in [2.24, 2.45) is 0 Å². The molecule has 12 heteroatoms. The molecule has 0 aliphatic carbocycles. The first-order valence-electron chi connectivity index (χ1n) is 8.06.